The SMILES string of the molecule is COc1ccc([N+](=O)[O-])cc1NC(=O)Cc1coc2ccc3ccccc3c12. The third-order valence-corrected chi connectivity index (χ3v) is 4.56. The number of hydrogen-bond donors (Lipinski definition) is 1. The van der Waals surface area contributed by atoms with Crippen molar-refractivity contribution in [1.29, 1.82) is 0 Å². The summed E-state index contributed by atoms with van der Waals surface area (Å²) in [5.41, 5.74) is 1.57. The number of nitro benzene ring substituents is 1. The number of carbonyl (C=O) groups is 1. The largest absolute Gasteiger partial charge is 0.495 e. The molecule has 0 aliphatic heterocycles. The fraction of sp³-hybridized carbons (Fsp3) is 0.0952. The minimum Gasteiger partial charge on any atom is -0.495 e. The number of nitrogens with one attached hydrogen (secondary N) is 1. The zero-order valence-electron chi connectivity index (χ0n) is 15.0. The van der Waals surface area contributed by atoms with Gasteiger partial charge in [-0.3, -0.25) is 14.9 Å². The first-order valence-electron chi connectivity index (χ1n) is 8.57. The summed E-state index contributed by atoms with van der Waals surface area (Å²) in [6.45, 7) is 0. The molecule has 1 aromatic heterocycles. The topological polar surface area (TPSA) is 94.6 Å². The molecule has 0 aliphatic rings. The second-order valence-electron chi connectivity index (χ2n) is 6.29. The monoisotopic (exact) mass is 376 g/mol. The zero-order chi connectivity index (χ0) is 19.7. The second-order valence-corrected chi connectivity index (χ2v) is 6.29. The molecule has 1 amide bonds. The van der Waals surface area contributed by atoms with E-state index in [1.165, 1.54) is 25.3 Å². The molecule has 0 radical (unpaired) electrons. The predicted molar refractivity (Wildman–Crippen MR) is 106 cm³/mol. The standard InChI is InChI=1S/C21H16N2O5/c1-27-18-9-7-15(23(25)26)11-17(18)22-20(24)10-14-12-28-19-8-6-13-4-2-3-5-16(13)21(14)19/h2-9,11-12H,10H2,1H3,(H,22,24). The van der Waals surface area contributed by atoms with Crippen LogP contribution < -0.4 is 10.1 Å². The number of anilines is 1. The van der Waals surface area contributed by atoms with Crippen LogP contribution in [0.1, 0.15) is 5.56 Å². The van der Waals surface area contributed by atoms with E-state index in [2.05, 4.69) is 5.32 Å². The molecule has 4 aromatic rings. The van der Waals surface area contributed by atoms with Gasteiger partial charge in [0.15, 0.2) is 0 Å². The summed E-state index contributed by atoms with van der Waals surface area (Å²) in [5, 5.41) is 16.6. The van der Waals surface area contributed by atoms with Crippen LogP contribution in [0.2, 0.25) is 0 Å². The molecule has 0 fully saturated rings. The van der Waals surface area contributed by atoms with Gasteiger partial charge in [-0.1, -0.05) is 30.3 Å². The van der Waals surface area contributed by atoms with Crippen molar-refractivity contribution in [3.05, 3.63) is 76.5 Å². The summed E-state index contributed by atoms with van der Waals surface area (Å²) >= 11 is 0. The lowest BCUT2D eigenvalue weighted by Gasteiger charge is -2.10. The summed E-state index contributed by atoms with van der Waals surface area (Å²) < 4.78 is 10.8. The van der Waals surface area contributed by atoms with Crippen molar-refractivity contribution in [2.75, 3.05) is 12.4 Å². The van der Waals surface area contributed by atoms with Gasteiger partial charge in [0.05, 0.1) is 30.4 Å². The van der Waals surface area contributed by atoms with E-state index in [1.54, 1.807) is 6.26 Å². The van der Waals surface area contributed by atoms with Crippen molar-refractivity contribution in [2.24, 2.45) is 0 Å². The van der Waals surface area contributed by atoms with Crippen LogP contribution in [0.15, 0.2) is 65.3 Å². The van der Waals surface area contributed by atoms with Crippen LogP contribution in [0, 0.1) is 10.1 Å². The lowest BCUT2D eigenvalue weighted by atomic mass is 10.0. The van der Waals surface area contributed by atoms with Crippen molar-refractivity contribution in [3.63, 3.8) is 0 Å². The van der Waals surface area contributed by atoms with E-state index < -0.39 is 4.92 Å². The van der Waals surface area contributed by atoms with Gasteiger partial charge < -0.3 is 14.5 Å². The van der Waals surface area contributed by atoms with Gasteiger partial charge in [-0.15, -0.1) is 0 Å². The molecular formula is C21H16N2O5. The number of carbonyl (C=O) groups excluding carboxylic acids is 1. The van der Waals surface area contributed by atoms with Gasteiger partial charge in [-0.25, -0.2) is 0 Å². The number of ether oxygens (including phenoxy) is 1. The third kappa shape index (κ3) is 3.14. The van der Waals surface area contributed by atoms with E-state index in [0.717, 1.165) is 21.7 Å². The van der Waals surface area contributed by atoms with Gasteiger partial charge in [0.1, 0.15) is 11.3 Å². The van der Waals surface area contributed by atoms with Crippen LogP contribution in [0.4, 0.5) is 11.4 Å². The molecule has 1 heterocycles. The summed E-state index contributed by atoms with van der Waals surface area (Å²) in [5.74, 6) is 0.0240. The molecule has 0 aliphatic carbocycles. The highest BCUT2D eigenvalue weighted by atomic mass is 16.6. The second kappa shape index (κ2) is 7.03. The maximum absolute atomic E-state index is 12.6. The molecule has 4 rings (SSSR count). The highest BCUT2D eigenvalue weighted by Gasteiger charge is 2.16. The Bertz CT molecular complexity index is 1210. The summed E-state index contributed by atoms with van der Waals surface area (Å²) in [4.78, 5) is 23.1. The van der Waals surface area contributed by atoms with Crippen molar-refractivity contribution in [3.8, 4) is 5.75 Å². The van der Waals surface area contributed by atoms with Crippen LogP contribution in [0.3, 0.4) is 0 Å². The molecule has 0 saturated carbocycles. The number of hydrogen-bond acceptors (Lipinski definition) is 5. The Hall–Kier alpha value is -3.87. The van der Waals surface area contributed by atoms with E-state index in [9.17, 15) is 14.9 Å². The fourth-order valence-corrected chi connectivity index (χ4v) is 3.28. The average molecular weight is 376 g/mol. The Balaban J connectivity index is 1.66. The smallest absolute Gasteiger partial charge is 0.271 e. The number of nitro groups is 1. The summed E-state index contributed by atoms with van der Waals surface area (Å²) in [6, 6.07) is 15.8. The molecule has 3 aromatic carbocycles. The summed E-state index contributed by atoms with van der Waals surface area (Å²) in [7, 11) is 1.44. The number of methoxy groups -OCH3 is 1. The average Bonchev–Trinajstić information content (AvgIpc) is 3.11. The number of furan rings is 1. The first kappa shape index (κ1) is 17.5. The molecule has 7 heteroatoms. The van der Waals surface area contributed by atoms with E-state index in [-0.39, 0.29) is 23.7 Å². The normalized spacial score (nSPS) is 10.9. The minimum absolute atomic E-state index is 0.0624. The highest BCUT2D eigenvalue weighted by Crippen LogP contribution is 2.31. The lowest BCUT2D eigenvalue weighted by Crippen LogP contribution is -2.15. The molecule has 0 bridgehead atoms. The first-order chi connectivity index (χ1) is 13.6. The van der Waals surface area contributed by atoms with Crippen molar-refractivity contribution in [2.45, 2.75) is 6.42 Å². The van der Waals surface area contributed by atoms with E-state index in [4.69, 9.17) is 9.15 Å². The van der Waals surface area contributed by atoms with Crippen molar-refractivity contribution < 1.29 is 18.9 Å². The molecule has 0 unspecified atom stereocenters. The number of rotatable bonds is 5. The van der Waals surface area contributed by atoms with Gasteiger partial charge in [-0.2, -0.15) is 0 Å². The number of non-ortho nitro benzene ring substituents is 1. The van der Waals surface area contributed by atoms with Crippen molar-refractivity contribution in [1.82, 2.24) is 0 Å². The van der Waals surface area contributed by atoms with E-state index in [0.29, 0.717) is 11.3 Å². The Morgan fingerprint density at radius 1 is 1.18 bits per heavy atom. The van der Waals surface area contributed by atoms with Crippen LogP contribution >= 0.6 is 0 Å². The Morgan fingerprint density at radius 2 is 2.00 bits per heavy atom. The van der Waals surface area contributed by atoms with Crippen LogP contribution in [-0.2, 0) is 11.2 Å². The van der Waals surface area contributed by atoms with E-state index >= 15 is 0 Å². The number of amides is 1. The van der Waals surface area contributed by atoms with Gasteiger partial charge >= 0.3 is 0 Å². The molecule has 7 nitrogen and oxygen atoms in total. The van der Waals surface area contributed by atoms with E-state index in [1.807, 2.05) is 36.4 Å². The third-order valence-electron chi connectivity index (χ3n) is 4.56. The highest BCUT2D eigenvalue weighted by molar-refractivity contribution is 6.09. The fourth-order valence-electron chi connectivity index (χ4n) is 3.28. The maximum Gasteiger partial charge on any atom is 0.271 e. The van der Waals surface area contributed by atoms with Gasteiger partial charge in [0.2, 0.25) is 5.91 Å². The van der Waals surface area contributed by atoms with Gasteiger partial charge in [-0.05, 0) is 22.9 Å². The first-order valence-corrected chi connectivity index (χ1v) is 8.57. The number of fused-ring (bicyclic) bond motifs is 3. The minimum atomic E-state index is -0.523. The van der Waals surface area contributed by atoms with Crippen molar-refractivity contribution >= 4 is 39.0 Å². The molecule has 140 valence electrons. The van der Waals surface area contributed by atoms with Crippen LogP contribution in [-0.4, -0.2) is 17.9 Å². The zero-order valence-corrected chi connectivity index (χ0v) is 15.0. The Kier molecular flexibility index (Phi) is 4.41. The molecule has 0 atom stereocenters. The molecule has 0 spiro atoms. The molecule has 1 N–H and O–H groups in total. The maximum atomic E-state index is 12.6. The molecule has 28 heavy (non-hydrogen) atoms. The number of benzene rings is 3. The molecular weight excluding hydrogens is 360 g/mol. The van der Waals surface area contributed by atoms with Crippen LogP contribution in [0.25, 0.3) is 21.7 Å². The Labute approximate surface area is 159 Å². The predicted octanol–water partition coefficient (Wildman–Crippen LogP) is 4.68. The Morgan fingerprint density at radius 3 is 2.79 bits per heavy atom. The lowest BCUT2D eigenvalue weighted by molar-refractivity contribution is -0.384. The quantitative estimate of drug-likeness (QED) is 0.403. The number of nitrogens with zero attached hydrogens (tertiary/aromatic N) is 1. The molecule has 0 saturated heterocycles. The summed E-state index contributed by atoms with van der Waals surface area (Å²) in [6.07, 6.45) is 1.63. The van der Waals surface area contributed by atoms with Gasteiger partial charge in [0, 0.05) is 23.1 Å². The van der Waals surface area contributed by atoms with Gasteiger partial charge in [0.25, 0.3) is 5.69 Å². The van der Waals surface area contributed by atoms with Crippen LogP contribution in [0.5, 0.6) is 5.75 Å².